The predicted molar refractivity (Wildman–Crippen MR) is 128 cm³/mol. The highest BCUT2D eigenvalue weighted by Crippen LogP contribution is 2.24. The Balaban J connectivity index is 2.08. The molecule has 7 nitrogen and oxygen atoms in total. The van der Waals surface area contributed by atoms with E-state index in [9.17, 15) is 14.4 Å². The molecule has 176 valence electrons. The molecule has 2 aromatic carbocycles. The molecular formula is C26H32N2O5. The van der Waals surface area contributed by atoms with Crippen molar-refractivity contribution < 1.29 is 23.9 Å². The molecule has 2 N–H and O–H groups in total. The lowest BCUT2D eigenvalue weighted by Crippen LogP contribution is -2.38. The molecule has 33 heavy (non-hydrogen) atoms. The van der Waals surface area contributed by atoms with Crippen LogP contribution in [0.25, 0.3) is 11.1 Å². The number of anilines is 1. The highest BCUT2D eigenvalue weighted by Gasteiger charge is 2.19. The van der Waals surface area contributed by atoms with E-state index in [2.05, 4.69) is 28.0 Å². The predicted octanol–water partition coefficient (Wildman–Crippen LogP) is 4.23. The summed E-state index contributed by atoms with van der Waals surface area (Å²) in [4.78, 5) is 35.6. The molecule has 0 aliphatic carbocycles. The van der Waals surface area contributed by atoms with Crippen LogP contribution in [0.3, 0.4) is 0 Å². The zero-order valence-electron chi connectivity index (χ0n) is 19.5. The zero-order chi connectivity index (χ0) is 24.2. The normalized spacial score (nSPS) is 11.2. The summed E-state index contributed by atoms with van der Waals surface area (Å²) in [6.07, 6.45) is 0.496. The van der Waals surface area contributed by atoms with Gasteiger partial charge in [-0.1, -0.05) is 43.0 Å². The number of esters is 2. The average molecular weight is 453 g/mol. The molecule has 0 heterocycles. The van der Waals surface area contributed by atoms with Crippen molar-refractivity contribution in [1.82, 2.24) is 5.32 Å². The summed E-state index contributed by atoms with van der Waals surface area (Å²) in [6.45, 7) is 7.79. The molecule has 0 spiro atoms. The molecule has 7 heteroatoms. The van der Waals surface area contributed by atoms with E-state index in [-0.39, 0.29) is 37.7 Å². The van der Waals surface area contributed by atoms with Crippen LogP contribution in [0.2, 0.25) is 0 Å². The lowest BCUT2D eigenvalue weighted by atomic mass is 9.99. The molecule has 1 amide bonds. The summed E-state index contributed by atoms with van der Waals surface area (Å²) in [5, 5.41) is 6.05. The van der Waals surface area contributed by atoms with Crippen LogP contribution in [0.15, 0.2) is 60.8 Å². The van der Waals surface area contributed by atoms with E-state index >= 15 is 0 Å². The minimum absolute atomic E-state index is 0.000501. The minimum Gasteiger partial charge on any atom is -0.469 e. The third-order valence-corrected chi connectivity index (χ3v) is 4.86. The number of ether oxygens (including phenoxy) is 2. The van der Waals surface area contributed by atoms with E-state index in [1.54, 1.807) is 6.92 Å². The Hall–Kier alpha value is -3.61. The van der Waals surface area contributed by atoms with Crippen LogP contribution >= 0.6 is 0 Å². The van der Waals surface area contributed by atoms with Crippen LogP contribution in [0.1, 0.15) is 38.7 Å². The van der Waals surface area contributed by atoms with Crippen molar-refractivity contribution in [2.45, 2.75) is 45.6 Å². The van der Waals surface area contributed by atoms with Crippen molar-refractivity contribution in [3.8, 4) is 11.1 Å². The van der Waals surface area contributed by atoms with E-state index in [1.165, 1.54) is 7.11 Å². The number of hydrogen-bond donors (Lipinski definition) is 2. The molecule has 0 bridgehead atoms. The van der Waals surface area contributed by atoms with Gasteiger partial charge in [-0.25, -0.2) is 0 Å². The molecule has 0 fully saturated rings. The first-order valence-electron chi connectivity index (χ1n) is 10.9. The van der Waals surface area contributed by atoms with Crippen LogP contribution in [0, 0.1) is 0 Å². The topological polar surface area (TPSA) is 93.7 Å². The number of allylic oxidation sites excluding steroid dienone is 1. The van der Waals surface area contributed by atoms with Gasteiger partial charge in [-0.2, -0.15) is 0 Å². The summed E-state index contributed by atoms with van der Waals surface area (Å²) < 4.78 is 9.62. The summed E-state index contributed by atoms with van der Waals surface area (Å²) in [5.41, 5.74) is 4.91. The van der Waals surface area contributed by atoms with Crippen molar-refractivity contribution in [3.05, 3.63) is 66.4 Å². The Morgan fingerprint density at radius 2 is 1.73 bits per heavy atom. The van der Waals surface area contributed by atoms with Crippen LogP contribution in [0.4, 0.5) is 5.69 Å². The first-order chi connectivity index (χ1) is 15.8. The van der Waals surface area contributed by atoms with Crippen molar-refractivity contribution >= 4 is 23.5 Å². The Morgan fingerprint density at radius 1 is 1.00 bits per heavy atom. The molecule has 0 saturated heterocycles. The standard InChI is InChI=1S/C26H32N2O5/c1-5-33-26(31)17-23(28-24(29)13-14-25(30)32-4)15-19-9-11-20(12-10-19)21-7-6-8-22(16-21)27-18(2)3/h6-12,16,23,27H,2,5,13-15,17H2,1,3-4H3,(H,28,29)/t23-/m1/s1. The second kappa shape index (κ2) is 13.1. The number of amides is 1. The molecule has 1 atom stereocenters. The van der Waals surface area contributed by atoms with Crippen molar-refractivity contribution in [1.29, 1.82) is 0 Å². The summed E-state index contributed by atoms with van der Waals surface area (Å²) in [6, 6.07) is 15.6. The number of hydrogen-bond acceptors (Lipinski definition) is 6. The largest absolute Gasteiger partial charge is 0.469 e. The van der Waals surface area contributed by atoms with Gasteiger partial charge in [0.2, 0.25) is 5.91 Å². The van der Waals surface area contributed by atoms with E-state index in [0.29, 0.717) is 6.42 Å². The fraction of sp³-hybridized carbons (Fsp3) is 0.346. The number of nitrogens with one attached hydrogen (secondary N) is 2. The van der Waals surface area contributed by atoms with Gasteiger partial charge in [-0.15, -0.1) is 0 Å². The van der Waals surface area contributed by atoms with Gasteiger partial charge in [0, 0.05) is 23.8 Å². The zero-order valence-corrected chi connectivity index (χ0v) is 19.5. The van der Waals surface area contributed by atoms with Gasteiger partial charge in [0.25, 0.3) is 0 Å². The molecule has 0 aliphatic rings. The molecule has 0 unspecified atom stereocenters. The molecule has 0 radical (unpaired) electrons. The fourth-order valence-electron chi connectivity index (χ4n) is 3.35. The molecule has 2 rings (SSSR count). The summed E-state index contributed by atoms with van der Waals surface area (Å²) in [5.74, 6) is -1.15. The number of rotatable bonds is 12. The van der Waals surface area contributed by atoms with Crippen molar-refractivity contribution in [2.75, 3.05) is 19.0 Å². The smallest absolute Gasteiger partial charge is 0.307 e. The first-order valence-corrected chi connectivity index (χ1v) is 10.9. The number of benzene rings is 2. The van der Waals surface area contributed by atoms with E-state index < -0.39 is 12.0 Å². The van der Waals surface area contributed by atoms with Crippen LogP contribution in [0.5, 0.6) is 0 Å². The second-order valence-corrected chi connectivity index (χ2v) is 7.74. The van der Waals surface area contributed by atoms with E-state index in [0.717, 1.165) is 28.1 Å². The number of methoxy groups -OCH3 is 1. The first kappa shape index (κ1) is 25.6. The van der Waals surface area contributed by atoms with Crippen LogP contribution in [-0.4, -0.2) is 37.6 Å². The van der Waals surface area contributed by atoms with Crippen LogP contribution < -0.4 is 10.6 Å². The fourth-order valence-corrected chi connectivity index (χ4v) is 3.35. The van der Waals surface area contributed by atoms with Crippen molar-refractivity contribution in [3.63, 3.8) is 0 Å². The highest BCUT2D eigenvalue weighted by molar-refractivity contribution is 5.82. The molecule has 0 aliphatic heterocycles. The third-order valence-electron chi connectivity index (χ3n) is 4.86. The maximum atomic E-state index is 12.3. The Kier molecular flexibility index (Phi) is 10.1. The van der Waals surface area contributed by atoms with Gasteiger partial charge in [0.1, 0.15) is 0 Å². The molecule has 0 aromatic heterocycles. The minimum atomic E-state index is -0.454. The Morgan fingerprint density at radius 3 is 2.36 bits per heavy atom. The Labute approximate surface area is 195 Å². The molecule has 0 saturated carbocycles. The van der Waals surface area contributed by atoms with Crippen molar-refractivity contribution in [2.24, 2.45) is 0 Å². The maximum Gasteiger partial charge on any atom is 0.307 e. The van der Waals surface area contributed by atoms with Gasteiger partial charge in [-0.05, 0) is 49.1 Å². The van der Waals surface area contributed by atoms with Gasteiger partial charge >= 0.3 is 11.9 Å². The number of carbonyl (C=O) groups excluding carboxylic acids is 3. The van der Waals surface area contributed by atoms with E-state index in [1.807, 2.05) is 49.4 Å². The van der Waals surface area contributed by atoms with Gasteiger partial charge in [0.15, 0.2) is 0 Å². The third kappa shape index (κ3) is 9.19. The van der Waals surface area contributed by atoms with Gasteiger partial charge in [0.05, 0.1) is 26.6 Å². The van der Waals surface area contributed by atoms with Gasteiger partial charge < -0.3 is 20.1 Å². The SMILES string of the molecule is C=C(C)Nc1cccc(-c2ccc(C[C@H](CC(=O)OCC)NC(=O)CCC(=O)OC)cc2)c1. The van der Waals surface area contributed by atoms with Gasteiger partial charge in [-0.3, -0.25) is 14.4 Å². The maximum absolute atomic E-state index is 12.3. The summed E-state index contributed by atoms with van der Waals surface area (Å²) >= 11 is 0. The Bertz CT molecular complexity index is 969. The lowest BCUT2D eigenvalue weighted by molar-refractivity contribution is -0.144. The quantitative estimate of drug-likeness (QED) is 0.468. The molecule has 2 aromatic rings. The second-order valence-electron chi connectivity index (χ2n) is 7.74. The summed E-state index contributed by atoms with van der Waals surface area (Å²) in [7, 11) is 1.28. The van der Waals surface area contributed by atoms with Crippen LogP contribution in [-0.2, 0) is 30.3 Å². The van der Waals surface area contributed by atoms with E-state index in [4.69, 9.17) is 4.74 Å². The lowest BCUT2D eigenvalue weighted by Gasteiger charge is -2.18. The highest BCUT2D eigenvalue weighted by atomic mass is 16.5. The number of carbonyl (C=O) groups is 3. The molecular weight excluding hydrogens is 420 g/mol. The average Bonchev–Trinajstić information content (AvgIpc) is 2.77. The monoisotopic (exact) mass is 452 g/mol.